The molecule has 0 aromatic heterocycles. The molecule has 0 fully saturated rings. The lowest BCUT2D eigenvalue weighted by Crippen LogP contribution is -2.10. The minimum atomic E-state index is -0.0516. The number of ether oxygens (including phenoxy) is 2. The first-order chi connectivity index (χ1) is 8.33. The second-order valence-electron chi connectivity index (χ2n) is 4.03. The zero-order valence-corrected chi connectivity index (χ0v) is 9.30. The smallest absolute Gasteiger partial charge is 0.128 e. The van der Waals surface area contributed by atoms with Crippen molar-refractivity contribution in [3.63, 3.8) is 0 Å². The van der Waals surface area contributed by atoms with Crippen molar-refractivity contribution in [2.75, 3.05) is 6.61 Å². The molecule has 0 saturated carbocycles. The molecule has 0 spiro atoms. The van der Waals surface area contributed by atoms with Crippen LogP contribution in [-0.4, -0.2) is 6.61 Å². The highest BCUT2D eigenvalue weighted by atomic mass is 16.5. The molecule has 2 aromatic carbocycles. The van der Waals surface area contributed by atoms with Crippen LogP contribution >= 0.6 is 0 Å². The van der Waals surface area contributed by atoms with E-state index in [-0.39, 0.29) is 6.04 Å². The van der Waals surface area contributed by atoms with Crippen LogP contribution in [0.25, 0.3) is 0 Å². The second-order valence-corrected chi connectivity index (χ2v) is 4.03. The summed E-state index contributed by atoms with van der Waals surface area (Å²) >= 11 is 0. The fourth-order valence-electron chi connectivity index (χ4n) is 1.91. The molecule has 0 saturated heterocycles. The third kappa shape index (κ3) is 1.97. The Bertz CT molecular complexity index is 525. The Balaban J connectivity index is 1.88. The molecule has 0 radical (unpaired) electrons. The van der Waals surface area contributed by atoms with E-state index in [0.29, 0.717) is 6.61 Å². The molecule has 2 N–H and O–H groups in total. The molecule has 2 aromatic rings. The standard InChI is InChI=1S/C14H13NO2/c15-13-9-16-14-7-6-11(8-12(13)14)17-10-4-2-1-3-5-10/h1-8,13H,9,15H2/t13-/m0/s1. The molecule has 0 bridgehead atoms. The average molecular weight is 227 g/mol. The maximum absolute atomic E-state index is 5.93. The van der Waals surface area contributed by atoms with Crippen molar-refractivity contribution in [1.29, 1.82) is 0 Å². The van der Waals surface area contributed by atoms with Crippen molar-refractivity contribution in [3.05, 3.63) is 54.1 Å². The third-order valence-corrected chi connectivity index (χ3v) is 2.78. The van der Waals surface area contributed by atoms with Gasteiger partial charge in [-0.05, 0) is 30.3 Å². The number of hydrogen-bond donors (Lipinski definition) is 1. The molecular weight excluding hydrogens is 214 g/mol. The number of hydrogen-bond acceptors (Lipinski definition) is 3. The van der Waals surface area contributed by atoms with Gasteiger partial charge in [0.25, 0.3) is 0 Å². The number of para-hydroxylation sites is 1. The van der Waals surface area contributed by atoms with Crippen LogP contribution in [0, 0.1) is 0 Å². The van der Waals surface area contributed by atoms with Crippen LogP contribution in [0.3, 0.4) is 0 Å². The van der Waals surface area contributed by atoms with Gasteiger partial charge in [0.05, 0.1) is 6.04 Å². The molecule has 1 heterocycles. The summed E-state index contributed by atoms with van der Waals surface area (Å²) in [6.45, 7) is 0.546. The van der Waals surface area contributed by atoms with E-state index in [2.05, 4.69) is 0 Å². The van der Waals surface area contributed by atoms with E-state index in [1.165, 1.54) is 0 Å². The van der Waals surface area contributed by atoms with E-state index in [9.17, 15) is 0 Å². The lowest BCUT2D eigenvalue weighted by atomic mass is 10.1. The Kier molecular flexibility index (Phi) is 2.46. The minimum Gasteiger partial charge on any atom is -0.491 e. The molecule has 0 unspecified atom stereocenters. The first-order valence-electron chi connectivity index (χ1n) is 5.58. The van der Waals surface area contributed by atoms with E-state index >= 15 is 0 Å². The van der Waals surface area contributed by atoms with Gasteiger partial charge in [0.2, 0.25) is 0 Å². The topological polar surface area (TPSA) is 44.5 Å². The molecule has 3 nitrogen and oxygen atoms in total. The quantitative estimate of drug-likeness (QED) is 0.858. The Labute approximate surface area is 99.8 Å². The predicted octanol–water partition coefficient (Wildman–Crippen LogP) is 2.87. The van der Waals surface area contributed by atoms with Gasteiger partial charge in [-0.2, -0.15) is 0 Å². The Morgan fingerprint density at radius 3 is 2.71 bits per heavy atom. The van der Waals surface area contributed by atoms with Crippen LogP contribution in [0.15, 0.2) is 48.5 Å². The van der Waals surface area contributed by atoms with Crippen molar-refractivity contribution in [2.45, 2.75) is 6.04 Å². The van der Waals surface area contributed by atoms with Crippen molar-refractivity contribution in [1.82, 2.24) is 0 Å². The molecule has 3 rings (SSSR count). The van der Waals surface area contributed by atoms with Gasteiger partial charge < -0.3 is 15.2 Å². The van der Waals surface area contributed by atoms with E-state index in [1.54, 1.807) is 0 Å². The van der Waals surface area contributed by atoms with Crippen LogP contribution in [0.5, 0.6) is 17.2 Å². The summed E-state index contributed by atoms with van der Waals surface area (Å²) in [6, 6.07) is 15.4. The molecule has 0 aliphatic carbocycles. The molecule has 1 aliphatic heterocycles. The lowest BCUT2D eigenvalue weighted by molar-refractivity contribution is 0.333. The minimum absolute atomic E-state index is 0.0516. The molecule has 1 atom stereocenters. The summed E-state index contributed by atoms with van der Waals surface area (Å²) in [4.78, 5) is 0. The van der Waals surface area contributed by atoms with Crippen LogP contribution in [0.2, 0.25) is 0 Å². The molecule has 0 amide bonds. The van der Waals surface area contributed by atoms with Gasteiger partial charge in [0.1, 0.15) is 23.9 Å². The summed E-state index contributed by atoms with van der Waals surface area (Å²) in [5.41, 5.74) is 6.94. The number of benzene rings is 2. The van der Waals surface area contributed by atoms with Crippen LogP contribution in [-0.2, 0) is 0 Å². The van der Waals surface area contributed by atoms with E-state index in [0.717, 1.165) is 22.8 Å². The van der Waals surface area contributed by atoms with Crippen LogP contribution in [0.1, 0.15) is 11.6 Å². The van der Waals surface area contributed by atoms with Crippen molar-refractivity contribution >= 4 is 0 Å². The van der Waals surface area contributed by atoms with Gasteiger partial charge >= 0.3 is 0 Å². The normalized spacial score (nSPS) is 17.4. The van der Waals surface area contributed by atoms with E-state index in [4.69, 9.17) is 15.2 Å². The van der Waals surface area contributed by atoms with E-state index in [1.807, 2.05) is 48.5 Å². The number of nitrogens with two attached hydrogens (primary N) is 1. The first-order valence-corrected chi connectivity index (χ1v) is 5.58. The van der Waals surface area contributed by atoms with E-state index < -0.39 is 0 Å². The number of rotatable bonds is 2. The zero-order chi connectivity index (χ0) is 11.7. The third-order valence-electron chi connectivity index (χ3n) is 2.78. The first kappa shape index (κ1) is 10.2. The maximum Gasteiger partial charge on any atom is 0.128 e. The fourth-order valence-corrected chi connectivity index (χ4v) is 1.91. The summed E-state index contributed by atoms with van der Waals surface area (Å²) in [5.74, 6) is 2.47. The van der Waals surface area contributed by atoms with Crippen molar-refractivity contribution in [2.24, 2.45) is 5.73 Å². The zero-order valence-electron chi connectivity index (χ0n) is 9.30. The Morgan fingerprint density at radius 1 is 1.06 bits per heavy atom. The van der Waals surface area contributed by atoms with Crippen LogP contribution < -0.4 is 15.2 Å². The average Bonchev–Trinajstić information content (AvgIpc) is 2.73. The SMILES string of the molecule is N[C@H]1COc2ccc(Oc3ccccc3)cc21. The van der Waals surface area contributed by atoms with Gasteiger partial charge in [0, 0.05) is 5.56 Å². The highest BCUT2D eigenvalue weighted by Gasteiger charge is 2.20. The lowest BCUT2D eigenvalue weighted by Gasteiger charge is -2.07. The van der Waals surface area contributed by atoms with Gasteiger partial charge in [0.15, 0.2) is 0 Å². The molecule has 1 aliphatic rings. The molecular formula is C14H13NO2. The van der Waals surface area contributed by atoms with Crippen LogP contribution in [0.4, 0.5) is 0 Å². The Hall–Kier alpha value is -2.00. The molecule has 86 valence electrons. The summed E-state index contributed by atoms with van der Waals surface area (Å²) in [7, 11) is 0. The van der Waals surface area contributed by atoms with Gasteiger partial charge in [-0.15, -0.1) is 0 Å². The highest BCUT2D eigenvalue weighted by molar-refractivity contribution is 5.45. The summed E-state index contributed by atoms with van der Waals surface area (Å²) in [5, 5.41) is 0. The monoisotopic (exact) mass is 227 g/mol. The summed E-state index contributed by atoms with van der Waals surface area (Å²) in [6.07, 6.45) is 0. The largest absolute Gasteiger partial charge is 0.491 e. The molecule has 3 heteroatoms. The fraction of sp³-hybridized carbons (Fsp3) is 0.143. The molecule has 17 heavy (non-hydrogen) atoms. The van der Waals surface area contributed by atoms with Gasteiger partial charge in [-0.25, -0.2) is 0 Å². The highest BCUT2D eigenvalue weighted by Crippen LogP contribution is 2.35. The van der Waals surface area contributed by atoms with Gasteiger partial charge in [-0.1, -0.05) is 18.2 Å². The van der Waals surface area contributed by atoms with Crippen molar-refractivity contribution in [3.8, 4) is 17.2 Å². The summed E-state index contributed by atoms with van der Waals surface area (Å²) < 4.78 is 11.2. The van der Waals surface area contributed by atoms with Gasteiger partial charge in [-0.3, -0.25) is 0 Å². The predicted molar refractivity (Wildman–Crippen MR) is 65.4 cm³/mol. The maximum atomic E-state index is 5.93. The Morgan fingerprint density at radius 2 is 1.88 bits per heavy atom. The second kappa shape index (κ2) is 4.11. The van der Waals surface area contributed by atoms with Crippen molar-refractivity contribution < 1.29 is 9.47 Å². The number of fused-ring (bicyclic) bond motifs is 1.